The minimum atomic E-state index is -0.801. The topological polar surface area (TPSA) is 90.5 Å². The van der Waals surface area contributed by atoms with Crippen LogP contribution in [0.25, 0.3) is 0 Å². The number of hydrogen-bond acceptors (Lipinski definition) is 4. The Morgan fingerprint density at radius 2 is 1.96 bits per heavy atom. The molecule has 152 valence electrons. The lowest BCUT2D eigenvalue weighted by molar-refractivity contribution is -0.136. The fourth-order valence-electron chi connectivity index (χ4n) is 4.71. The summed E-state index contributed by atoms with van der Waals surface area (Å²) in [6, 6.07) is -0.136. The van der Waals surface area contributed by atoms with Gasteiger partial charge in [0.1, 0.15) is 12.1 Å². The largest absolute Gasteiger partial charge is 0.353 e. The molecule has 3 fully saturated rings. The van der Waals surface area contributed by atoms with E-state index in [1.54, 1.807) is 0 Å². The normalized spacial score (nSPS) is 31.4. The molecule has 2 saturated heterocycles. The molecule has 2 heterocycles. The van der Waals surface area contributed by atoms with E-state index >= 15 is 0 Å². The van der Waals surface area contributed by atoms with Crippen LogP contribution in [0.5, 0.6) is 0 Å². The van der Waals surface area contributed by atoms with Crippen LogP contribution in [-0.2, 0) is 9.59 Å². The van der Waals surface area contributed by atoms with Gasteiger partial charge in [-0.15, -0.1) is 0 Å². The Morgan fingerprint density at radius 3 is 2.56 bits per heavy atom. The second-order valence-electron chi connectivity index (χ2n) is 9.12. The van der Waals surface area contributed by atoms with E-state index in [2.05, 4.69) is 36.7 Å². The average molecular weight is 379 g/mol. The Hall–Kier alpha value is -1.63. The van der Waals surface area contributed by atoms with E-state index in [-0.39, 0.29) is 23.8 Å². The van der Waals surface area contributed by atoms with Crippen molar-refractivity contribution in [1.82, 2.24) is 20.9 Å². The number of nitrogens with one attached hydrogen (secondary N) is 3. The predicted molar refractivity (Wildman–Crippen MR) is 103 cm³/mol. The first-order chi connectivity index (χ1) is 12.8. The molecule has 7 heteroatoms. The molecule has 0 aromatic carbocycles. The number of amides is 4. The summed E-state index contributed by atoms with van der Waals surface area (Å²) < 4.78 is 0. The van der Waals surface area contributed by atoms with E-state index in [1.807, 2.05) is 0 Å². The zero-order chi connectivity index (χ0) is 19.7. The molecular formula is C20H34N4O3. The van der Waals surface area contributed by atoms with Crippen LogP contribution in [0.2, 0.25) is 0 Å². The van der Waals surface area contributed by atoms with Gasteiger partial charge in [-0.3, -0.25) is 14.5 Å². The fourth-order valence-corrected chi connectivity index (χ4v) is 4.71. The third-order valence-electron chi connectivity index (χ3n) is 7.11. The summed E-state index contributed by atoms with van der Waals surface area (Å²) >= 11 is 0. The highest BCUT2D eigenvalue weighted by molar-refractivity contribution is 6.09. The SMILES string of the molecule is CCC(C)(C)C1CCC2(CC1)NC(=O)N(CC(=O)NCC1CCCN1)C2=O. The highest BCUT2D eigenvalue weighted by Crippen LogP contribution is 2.45. The molecule has 0 aromatic heterocycles. The molecule has 3 N–H and O–H groups in total. The molecule has 0 radical (unpaired) electrons. The van der Waals surface area contributed by atoms with Gasteiger partial charge >= 0.3 is 6.03 Å². The molecule has 0 aromatic rings. The van der Waals surface area contributed by atoms with Crippen LogP contribution >= 0.6 is 0 Å². The molecular weight excluding hydrogens is 344 g/mol. The molecule has 1 aliphatic carbocycles. The quantitative estimate of drug-likeness (QED) is 0.615. The molecule has 27 heavy (non-hydrogen) atoms. The summed E-state index contributed by atoms with van der Waals surface area (Å²) in [5.74, 6) is 0.0635. The summed E-state index contributed by atoms with van der Waals surface area (Å²) in [6.07, 6.45) is 6.45. The van der Waals surface area contributed by atoms with Gasteiger partial charge in [-0.1, -0.05) is 27.2 Å². The van der Waals surface area contributed by atoms with Gasteiger partial charge in [0.25, 0.3) is 5.91 Å². The monoisotopic (exact) mass is 378 g/mol. The standard InChI is InChI=1S/C20H34N4O3/c1-4-19(2,3)14-7-9-20(10-8-14)17(26)24(18(27)23-20)13-16(25)22-12-15-6-5-11-21-15/h14-15,21H,4-13H2,1-3H3,(H,22,25)(H,23,27). The van der Waals surface area contributed by atoms with Gasteiger partial charge in [0.05, 0.1) is 0 Å². The summed E-state index contributed by atoms with van der Waals surface area (Å²) in [7, 11) is 0. The second kappa shape index (κ2) is 7.78. The summed E-state index contributed by atoms with van der Waals surface area (Å²) in [5, 5.41) is 9.07. The average Bonchev–Trinajstić information content (AvgIpc) is 3.24. The minimum Gasteiger partial charge on any atom is -0.353 e. The van der Waals surface area contributed by atoms with Crippen molar-refractivity contribution in [2.24, 2.45) is 11.3 Å². The van der Waals surface area contributed by atoms with E-state index in [0.717, 1.165) is 43.5 Å². The van der Waals surface area contributed by atoms with Crippen molar-refractivity contribution in [2.45, 2.75) is 77.3 Å². The van der Waals surface area contributed by atoms with Gasteiger partial charge < -0.3 is 16.0 Å². The first-order valence-electron chi connectivity index (χ1n) is 10.4. The number of carbonyl (C=O) groups excluding carboxylic acids is 3. The van der Waals surface area contributed by atoms with Crippen LogP contribution in [0, 0.1) is 11.3 Å². The van der Waals surface area contributed by atoms with Crippen LogP contribution in [-0.4, -0.2) is 54.0 Å². The summed E-state index contributed by atoms with van der Waals surface area (Å²) in [6.45, 7) is 8.09. The number of hydrogen-bond donors (Lipinski definition) is 3. The van der Waals surface area contributed by atoms with Crippen LogP contribution < -0.4 is 16.0 Å². The van der Waals surface area contributed by atoms with Crippen molar-refractivity contribution >= 4 is 17.8 Å². The van der Waals surface area contributed by atoms with E-state index in [9.17, 15) is 14.4 Å². The van der Waals surface area contributed by atoms with E-state index in [0.29, 0.717) is 31.3 Å². The zero-order valence-electron chi connectivity index (χ0n) is 16.9. The van der Waals surface area contributed by atoms with Gasteiger partial charge in [0.2, 0.25) is 5.91 Å². The Kier molecular flexibility index (Phi) is 5.79. The molecule has 3 rings (SSSR count). The van der Waals surface area contributed by atoms with Crippen LogP contribution in [0.3, 0.4) is 0 Å². The molecule has 1 spiro atoms. The van der Waals surface area contributed by atoms with Crippen molar-refractivity contribution in [3.05, 3.63) is 0 Å². The number of carbonyl (C=O) groups is 3. The molecule has 1 atom stereocenters. The number of imide groups is 1. The molecule has 2 aliphatic heterocycles. The maximum Gasteiger partial charge on any atom is 0.325 e. The van der Waals surface area contributed by atoms with Crippen molar-refractivity contribution < 1.29 is 14.4 Å². The lowest BCUT2D eigenvalue weighted by Crippen LogP contribution is -2.51. The smallest absolute Gasteiger partial charge is 0.325 e. The van der Waals surface area contributed by atoms with Gasteiger partial charge in [-0.25, -0.2) is 4.79 Å². The molecule has 4 amide bonds. The second-order valence-corrected chi connectivity index (χ2v) is 9.12. The van der Waals surface area contributed by atoms with Gasteiger partial charge in [0.15, 0.2) is 0 Å². The molecule has 1 saturated carbocycles. The van der Waals surface area contributed by atoms with Crippen LogP contribution in [0.15, 0.2) is 0 Å². The predicted octanol–water partition coefficient (Wildman–Crippen LogP) is 1.77. The number of nitrogens with zero attached hydrogens (tertiary/aromatic N) is 1. The Morgan fingerprint density at radius 1 is 1.26 bits per heavy atom. The van der Waals surface area contributed by atoms with E-state index in [1.165, 1.54) is 0 Å². The van der Waals surface area contributed by atoms with Gasteiger partial charge in [-0.05, 0) is 56.4 Å². The molecule has 3 aliphatic rings. The van der Waals surface area contributed by atoms with Crippen LogP contribution in [0.1, 0.15) is 65.7 Å². The maximum atomic E-state index is 13.0. The lowest BCUT2D eigenvalue weighted by atomic mass is 9.65. The van der Waals surface area contributed by atoms with Gasteiger partial charge in [0, 0.05) is 12.6 Å². The molecule has 1 unspecified atom stereocenters. The first-order valence-corrected chi connectivity index (χ1v) is 10.4. The molecule has 0 bridgehead atoms. The number of urea groups is 1. The van der Waals surface area contributed by atoms with Crippen molar-refractivity contribution in [3.8, 4) is 0 Å². The summed E-state index contributed by atoms with van der Waals surface area (Å²) in [5.41, 5.74) is -0.550. The molecule has 7 nitrogen and oxygen atoms in total. The zero-order valence-corrected chi connectivity index (χ0v) is 16.9. The summed E-state index contributed by atoms with van der Waals surface area (Å²) in [4.78, 5) is 38.7. The fraction of sp³-hybridized carbons (Fsp3) is 0.850. The van der Waals surface area contributed by atoms with Gasteiger partial charge in [-0.2, -0.15) is 0 Å². The van der Waals surface area contributed by atoms with Crippen molar-refractivity contribution in [1.29, 1.82) is 0 Å². The third kappa shape index (κ3) is 4.13. The van der Waals surface area contributed by atoms with E-state index < -0.39 is 11.6 Å². The lowest BCUT2D eigenvalue weighted by Gasteiger charge is -2.42. The minimum absolute atomic E-state index is 0.191. The Bertz CT molecular complexity index is 590. The van der Waals surface area contributed by atoms with Crippen molar-refractivity contribution in [2.75, 3.05) is 19.6 Å². The first kappa shape index (κ1) is 20.1. The highest BCUT2D eigenvalue weighted by Gasteiger charge is 2.53. The number of rotatable bonds is 6. The van der Waals surface area contributed by atoms with Crippen LogP contribution in [0.4, 0.5) is 4.79 Å². The van der Waals surface area contributed by atoms with E-state index in [4.69, 9.17) is 0 Å². The maximum absolute atomic E-state index is 13.0. The Balaban J connectivity index is 1.54. The highest BCUT2D eigenvalue weighted by atomic mass is 16.2. The van der Waals surface area contributed by atoms with Crippen molar-refractivity contribution in [3.63, 3.8) is 0 Å². The third-order valence-corrected chi connectivity index (χ3v) is 7.11. The Labute approximate surface area is 162 Å².